The van der Waals surface area contributed by atoms with Crippen LogP contribution in [0.2, 0.25) is 0 Å². The van der Waals surface area contributed by atoms with Gasteiger partial charge in [0.1, 0.15) is 0 Å². The van der Waals surface area contributed by atoms with Gasteiger partial charge in [-0.15, -0.1) is 0 Å². The van der Waals surface area contributed by atoms with Crippen molar-refractivity contribution in [2.45, 2.75) is 64.5 Å². The Morgan fingerprint density at radius 3 is 2.80 bits per heavy atom. The van der Waals surface area contributed by atoms with Gasteiger partial charge in [0.2, 0.25) is 0 Å². The SMILES string of the molecule is CCn1ncc(Br)c1C(O)C1CCC2CCCCC2C1. The van der Waals surface area contributed by atoms with Gasteiger partial charge < -0.3 is 5.11 Å². The van der Waals surface area contributed by atoms with E-state index in [4.69, 9.17) is 0 Å². The number of nitrogens with zero attached hydrogens (tertiary/aromatic N) is 2. The van der Waals surface area contributed by atoms with Crippen LogP contribution in [-0.2, 0) is 6.54 Å². The maximum absolute atomic E-state index is 10.8. The molecule has 4 atom stereocenters. The minimum atomic E-state index is -0.366. The maximum atomic E-state index is 10.8. The van der Waals surface area contributed by atoms with Crippen molar-refractivity contribution in [1.29, 1.82) is 0 Å². The van der Waals surface area contributed by atoms with Crippen molar-refractivity contribution < 1.29 is 5.11 Å². The number of hydrogen-bond donors (Lipinski definition) is 1. The molecular formula is C16H25BrN2O. The summed E-state index contributed by atoms with van der Waals surface area (Å²) in [5.74, 6) is 2.20. The van der Waals surface area contributed by atoms with Crippen molar-refractivity contribution in [2.24, 2.45) is 17.8 Å². The zero-order valence-corrected chi connectivity index (χ0v) is 13.8. The molecule has 0 radical (unpaired) electrons. The predicted molar refractivity (Wildman–Crippen MR) is 83.3 cm³/mol. The number of aryl methyl sites for hydroxylation is 1. The lowest BCUT2D eigenvalue weighted by Crippen LogP contribution is -2.31. The first-order valence-electron chi connectivity index (χ1n) is 8.10. The normalized spacial score (nSPS) is 31.9. The second kappa shape index (κ2) is 6.18. The summed E-state index contributed by atoms with van der Waals surface area (Å²) >= 11 is 3.55. The third-order valence-electron chi connectivity index (χ3n) is 5.44. The van der Waals surface area contributed by atoms with Crippen molar-refractivity contribution in [3.8, 4) is 0 Å². The van der Waals surface area contributed by atoms with Crippen molar-refractivity contribution in [3.63, 3.8) is 0 Å². The van der Waals surface area contributed by atoms with Crippen molar-refractivity contribution in [1.82, 2.24) is 9.78 Å². The van der Waals surface area contributed by atoms with Gasteiger partial charge in [0.15, 0.2) is 0 Å². The summed E-state index contributed by atoms with van der Waals surface area (Å²) in [4.78, 5) is 0. The molecule has 1 aromatic heterocycles. The van der Waals surface area contributed by atoms with Gasteiger partial charge in [0, 0.05) is 6.54 Å². The quantitative estimate of drug-likeness (QED) is 0.890. The summed E-state index contributed by atoms with van der Waals surface area (Å²) in [5, 5.41) is 15.2. The number of halogens is 1. The Hall–Kier alpha value is -0.350. The highest BCUT2D eigenvalue weighted by Crippen LogP contribution is 2.46. The van der Waals surface area contributed by atoms with Gasteiger partial charge >= 0.3 is 0 Å². The first kappa shape index (κ1) is 14.6. The van der Waals surface area contributed by atoms with E-state index in [9.17, 15) is 5.11 Å². The minimum Gasteiger partial charge on any atom is -0.386 e. The summed E-state index contributed by atoms with van der Waals surface area (Å²) in [6.07, 6.45) is 10.7. The van der Waals surface area contributed by atoms with Crippen LogP contribution in [-0.4, -0.2) is 14.9 Å². The van der Waals surface area contributed by atoms with Crippen molar-refractivity contribution in [3.05, 3.63) is 16.4 Å². The fourth-order valence-electron chi connectivity index (χ4n) is 4.34. The Balaban J connectivity index is 1.74. The zero-order chi connectivity index (χ0) is 14.1. The third-order valence-corrected chi connectivity index (χ3v) is 6.05. The number of aliphatic hydroxyl groups excluding tert-OH is 1. The van der Waals surface area contributed by atoms with E-state index < -0.39 is 0 Å². The van der Waals surface area contributed by atoms with Crippen LogP contribution >= 0.6 is 15.9 Å². The van der Waals surface area contributed by atoms with E-state index in [1.54, 1.807) is 0 Å². The highest BCUT2D eigenvalue weighted by Gasteiger charge is 2.36. The summed E-state index contributed by atoms with van der Waals surface area (Å²) < 4.78 is 2.89. The van der Waals surface area contributed by atoms with E-state index in [1.807, 2.05) is 10.9 Å². The number of aromatic nitrogens is 2. The third kappa shape index (κ3) is 2.69. The zero-order valence-electron chi connectivity index (χ0n) is 12.3. The van der Waals surface area contributed by atoms with Gasteiger partial charge in [-0.05, 0) is 59.9 Å². The van der Waals surface area contributed by atoms with Crippen LogP contribution in [0, 0.1) is 17.8 Å². The Labute approximate surface area is 129 Å². The molecule has 1 aromatic rings. The number of fused-ring (bicyclic) bond motifs is 1. The predicted octanol–water partition coefficient (Wildman–Crippen LogP) is 4.31. The summed E-state index contributed by atoms with van der Waals surface area (Å²) in [6, 6.07) is 0. The molecule has 0 bridgehead atoms. The first-order chi connectivity index (χ1) is 9.70. The van der Waals surface area contributed by atoms with E-state index in [1.165, 1.54) is 44.9 Å². The fourth-order valence-corrected chi connectivity index (χ4v) is 4.87. The van der Waals surface area contributed by atoms with Crippen molar-refractivity contribution in [2.75, 3.05) is 0 Å². The smallest absolute Gasteiger partial charge is 0.0996 e. The van der Waals surface area contributed by atoms with E-state index in [0.717, 1.165) is 28.5 Å². The van der Waals surface area contributed by atoms with Gasteiger partial charge in [0.25, 0.3) is 0 Å². The summed E-state index contributed by atoms with van der Waals surface area (Å²) in [7, 11) is 0. The number of hydrogen-bond acceptors (Lipinski definition) is 2. The van der Waals surface area contributed by atoms with Crippen LogP contribution < -0.4 is 0 Å². The second-order valence-corrected chi connectivity index (χ2v) is 7.37. The average molecular weight is 341 g/mol. The molecule has 112 valence electrons. The number of aliphatic hydroxyl groups is 1. The topological polar surface area (TPSA) is 38.0 Å². The standard InChI is InChI=1S/C16H25BrN2O/c1-2-19-15(14(17)10-18-19)16(20)13-8-7-11-5-3-4-6-12(11)9-13/h10-13,16,20H,2-9H2,1H3. The molecule has 0 amide bonds. The van der Waals surface area contributed by atoms with Crippen LogP contribution in [0.25, 0.3) is 0 Å². The van der Waals surface area contributed by atoms with E-state index in [-0.39, 0.29) is 6.10 Å². The van der Waals surface area contributed by atoms with E-state index >= 15 is 0 Å². The molecule has 1 heterocycles. The van der Waals surface area contributed by atoms with Crippen LogP contribution in [0.15, 0.2) is 10.7 Å². The molecular weight excluding hydrogens is 316 g/mol. The highest BCUT2D eigenvalue weighted by molar-refractivity contribution is 9.10. The molecule has 20 heavy (non-hydrogen) atoms. The van der Waals surface area contributed by atoms with Gasteiger partial charge in [-0.25, -0.2) is 0 Å². The monoisotopic (exact) mass is 340 g/mol. The fraction of sp³-hybridized carbons (Fsp3) is 0.812. The Bertz CT molecular complexity index is 459. The molecule has 0 aliphatic heterocycles. The molecule has 0 spiro atoms. The molecule has 2 aliphatic carbocycles. The Kier molecular flexibility index (Phi) is 4.51. The lowest BCUT2D eigenvalue weighted by molar-refractivity contribution is 0.0297. The molecule has 2 saturated carbocycles. The maximum Gasteiger partial charge on any atom is 0.0996 e. The van der Waals surface area contributed by atoms with Gasteiger partial charge in [-0.1, -0.05) is 25.7 Å². The Morgan fingerprint density at radius 1 is 1.30 bits per heavy atom. The van der Waals surface area contributed by atoms with Crippen LogP contribution in [0.5, 0.6) is 0 Å². The lowest BCUT2D eigenvalue weighted by Gasteiger charge is -2.40. The average Bonchev–Trinajstić information content (AvgIpc) is 2.87. The van der Waals surface area contributed by atoms with Gasteiger partial charge in [-0.3, -0.25) is 4.68 Å². The molecule has 4 unspecified atom stereocenters. The molecule has 0 saturated heterocycles. The molecule has 4 heteroatoms. The number of rotatable bonds is 3. The van der Waals surface area contributed by atoms with Gasteiger partial charge in [-0.2, -0.15) is 5.10 Å². The Morgan fingerprint density at radius 2 is 2.05 bits per heavy atom. The largest absolute Gasteiger partial charge is 0.386 e. The van der Waals surface area contributed by atoms with Crippen LogP contribution in [0.3, 0.4) is 0 Å². The molecule has 1 N–H and O–H groups in total. The van der Waals surface area contributed by atoms with Crippen LogP contribution in [0.1, 0.15) is 63.7 Å². The molecule has 3 nitrogen and oxygen atoms in total. The second-order valence-electron chi connectivity index (χ2n) is 6.52. The van der Waals surface area contributed by atoms with E-state index in [0.29, 0.717) is 5.92 Å². The molecule has 2 aliphatic rings. The van der Waals surface area contributed by atoms with E-state index in [2.05, 4.69) is 28.0 Å². The molecule has 2 fully saturated rings. The van der Waals surface area contributed by atoms with Crippen LogP contribution in [0.4, 0.5) is 0 Å². The molecule has 3 rings (SSSR count). The molecule has 0 aromatic carbocycles. The van der Waals surface area contributed by atoms with Crippen molar-refractivity contribution >= 4 is 15.9 Å². The first-order valence-corrected chi connectivity index (χ1v) is 8.89. The lowest BCUT2D eigenvalue weighted by atomic mass is 9.66. The summed E-state index contributed by atoms with van der Waals surface area (Å²) in [5.41, 5.74) is 0.978. The minimum absolute atomic E-state index is 0.366. The summed E-state index contributed by atoms with van der Waals surface area (Å²) in [6.45, 7) is 2.89. The van der Waals surface area contributed by atoms with Gasteiger partial charge in [0.05, 0.1) is 22.5 Å². The highest BCUT2D eigenvalue weighted by atomic mass is 79.9.